The third-order valence-electron chi connectivity index (χ3n) is 11.1. The number of rotatable bonds is 43. The van der Waals surface area contributed by atoms with Crippen LogP contribution in [0.1, 0.15) is 238 Å². The van der Waals surface area contributed by atoms with Gasteiger partial charge in [-0.05, 0) is 108 Å². The van der Waals surface area contributed by atoms with Crippen molar-refractivity contribution in [3.8, 4) is 11.5 Å². The fraction of sp³-hybridized carbons (Fsp3) is 0.804. The predicted molar refractivity (Wildman–Crippen MR) is 245 cm³/mol. The molecule has 0 aliphatic rings. The van der Waals surface area contributed by atoms with E-state index in [0.717, 1.165) is 63.4 Å². The molecule has 0 spiro atoms. The summed E-state index contributed by atoms with van der Waals surface area (Å²) in [5, 5.41) is 0. The first-order valence-electron chi connectivity index (χ1n) is 24.3. The highest BCUT2D eigenvalue weighted by atomic mass is 16.5. The molecule has 0 aliphatic carbocycles. The molecule has 0 fully saturated rings. The van der Waals surface area contributed by atoms with E-state index in [0.29, 0.717) is 0 Å². The number of nitrogens with two attached hydrogens (primary N) is 2. The molecule has 1 aromatic carbocycles. The standard InChI is InChI=1S/C51H94N2O2/c1-3-5-7-9-11-13-15-17-19-21-23-25-27-29-34-38-44-54-50-42-41-48(46-49(53)40-36-32-31-33-37-43-52)47-51(50)55-45-39-35-30-28-26-24-22-20-18-16-14-12-10-8-6-4-2/h17-20,41-42,47,49H,3-16,21-40,43-46,52-53H2,1-2H3/b19-17+,20-18+. The van der Waals surface area contributed by atoms with Crippen LogP contribution in [-0.4, -0.2) is 25.8 Å². The smallest absolute Gasteiger partial charge is 0.161 e. The molecule has 1 aromatic rings. The van der Waals surface area contributed by atoms with Gasteiger partial charge in [0, 0.05) is 6.04 Å². The Hall–Kier alpha value is -1.78. The minimum atomic E-state index is 0.186. The Labute approximate surface area is 343 Å². The van der Waals surface area contributed by atoms with E-state index >= 15 is 0 Å². The summed E-state index contributed by atoms with van der Waals surface area (Å²) in [5.74, 6) is 1.80. The van der Waals surface area contributed by atoms with Crippen LogP contribution >= 0.6 is 0 Å². The topological polar surface area (TPSA) is 70.5 Å². The van der Waals surface area contributed by atoms with Crippen molar-refractivity contribution in [3.63, 3.8) is 0 Å². The van der Waals surface area contributed by atoms with Gasteiger partial charge < -0.3 is 20.9 Å². The van der Waals surface area contributed by atoms with Crippen LogP contribution in [0.15, 0.2) is 42.5 Å². The third-order valence-corrected chi connectivity index (χ3v) is 11.1. The molecule has 1 unspecified atom stereocenters. The SMILES string of the molecule is CCCCCCCC/C=C/CCCCCCCCOc1ccc(CC(N)CCCCCCCN)cc1OCCCCCCCC/C=C/CCCCCCCC. The molecule has 0 saturated heterocycles. The molecule has 0 aliphatic heterocycles. The van der Waals surface area contributed by atoms with Crippen LogP contribution < -0.4 is 20.9 Å². The van der Waals surface area contributed by atoms with Gasteiger partial charge in [-0.1, -0.05) is 185 Å². The number of unbranched alkanes of at least 4 members (excludes halogenated alkanes) is 28. The highest BCUT2D eigenvalue weighted by Crippen LogP contribution is 2.30. The fourth-order valence-electron chi connectivity index (χ4n) is 7.46. The maximum absolute atomic E-state index is 6.59. The molecule has 4 nitrogen and oxygen atoms in total. The fourth-order valence-corrected chi connectivity index (χ4v) is 7.46. The summed E-state index contributed by atoms with van der Waals surface area (Å²) in [4.78, 5) is 0. The van der Waals surface area contributed by atoms with Crippen LogP contribution in [0.2, 0.25) is 0 Å². The molecule has 0 saturated carbocycles. The molecule has 55 heavy (non-hydrogen) atoms. The summed E-state index contributed by atoms with van der Waals surface area (Å²) in [6.45, 7) is 6.90. The van der Waals surface area contributed by atoms with Crippen molar-refractivity contribution in [2.24, 2.45) is 11.5 Å². The lowest BCUT2D eigenvalue weighted by Gasteiger charge is -2.16. The van der Waals surface area contributed by atoms with E-state index in [1.807, 2.05) is 0 Å². The van der Waals surface area contributed by atoms with Crippen molar-refractivity contribution in [3.05, 3.63) is 48.1 Å². The Morgan fingerprint density at radius 2 is 0.836 bits per heavy atom. The van der Waals surface area contributed by atoms with Gasteiger partial charge in [-0.2, -0.15) is 0 Å². The first-order valence-corrected chi connectivity index (χ1v) is 24.3. The number of ether oxygens (including phenoxy) is 2. The molecule has 0 bridgehead atoms. The maximum atomic E-state index is 6.59. The Balaban J connectivity index is 2.32. The van der Waals surface area contributed by atoms with Crippen molar-refractivity contribution in [1.29, 1.82) is 0 Å². The number of hydrogen-bond donors (Lipinski definition) is 2. The first kappa shape index (κ1) is 51.2. The summed E-state index contributed by atoms with van der Waals surface area (Å²) >= 11 is 0. The van der Waals surface area contributed by atoms with Gasteiger partial charge in [0.1, 0.15) is 0 Å². The number of benzene rings is 1. The van der Waals surface area contributed by atoms with Crippen LogP contribution in [-0.2, 0) is 6.42 Å². The van der Waals surface area contributed by atoms with E-state index < -0.39 is 0 Å². The Morgan fingerprint density at radius 3 is 1.29 bits per heavy atom. The van der Waals surface area contributed by atoms with E-state index in [2.05, 4.69) is 56.4 Å². The second-order valence-electron chi connectivity index (χ2n) is 16.7. The molecule has 0 radical (unpaired) electrons. The first-order chi connectivity index (χ1) is 27.2. The van der Waals surface area contributed by atoms with E-state index in [-0.39, 0.29) is 6.04 Å². The van der Waals surface area contributed by atoms with Crippen LogP contribution in [0.3, 0.4) is 0 Å². The molecule has 1 atom stereocenters. The second-order valence-corrected chi connectivity index (χ2v) is 16.7. The van der Waals surface area contributed by atoms with E-state index in [1.165, 1.54) is 198 Å². The summed E-state index contributed by atoms with van der Waals surface area (Å²) in [6.07, 6.45) is 54.7. The molecular weight excluding hydrogens is 673 g/mol. The highest BCUT2D eigenvalue weighted by molar-refractivity contribution is 5.43. The summed E-state index contributed by atoms with van der Waals surface area (Å²) in [5.41, 5.74) is 13.5. The molecule has 0 amide bonds. The zero-order chi connectivity index (χ0) is 39.5. The normalized spacial score (nSPS) is 12.4. The molecule has 1 rings (SSSR count). The highest BCUT2D eigenvalue weighted by Gasteiger charge is 2.11. The van der Waals surface area contributed by atoms with Gasteiger partial charge in [-0.15, -0.1) is 0 Å². The van der Waals surface area contributed by atoms with E-state index in [9.17, 15) is 0 Å². The van der Waals surface area contributed by atoms with Gasteiger partial charge in [0.05, 0.1) is 13.2 Å². The number of hydrogen-bond acceptors (Lipinski definition) is 4. The largest absolute Gasteiger partial charge is 0.490 e. The Kier molecular flexibility index (Phi) is 39.0. The predicted octanol–water partition coefficient (Wildman–Crippen LogP) is 15.7. The molecule has 4 N–H and O–H groups in total. The lowest BCUT2D eigenvalue weighted by molar-refractivity contribution is 0.258. The van der Waals surface area contributed by atoms with Crippen molar-refractivity contribution >= 4 is 0 Å². The zero-order valence-electron chi connectivity index (χ0n) is 37.0. The second kappa shape index (κ2) is 41.8. The minimum Gasteiger partial charge on any atom is -0.490 e. The Bertz CT molecular complexity index is 975. The van der Waals surface area contributed by atoms with Gasteiger partial charge in [-0.25, -0.2) is 0 Å². The lowest BCUT2D eigenvalue weighted by Crippen LogP contribution is -2.22. The molecule has 320 valence electrons. The van der Waals surface area contributed by atoms with Gasteiger partial charge in [0.2, 0.25) is 0 Å². The number of allylic oxidation sites excluding steroid dienone is 4. The summed E-state index contributed by atoms with van der Waals surface area (Å²) < 4.78 is 12.7. The molecule has 0 heterocycles. The third kappa shape index (κ3) is 35.1. The summed E-state index contributed by atoms with van der Waals surface area (Å²) in [7, 11) is 0. The minimum absolute atomic E-state index is 0.186. The van der Waals surface area contributed by atoms with Crippen LogP contribution in [0.25, 0.3) is 0 Å². The van der Waals surface area contributed by atoms with Crippen molar-refractivity contribution in [2.75, 3.05) is 19.8 Å². The molecule has 0 aromatic heterocycles. The Morgan fingerprint density at radius 1 is 0.455 bits per heavy atom. The van der Waals surface area contributed by atoms with Crippen molar-refractivity contribution in [1.82, 2.24) is 0 Å². The zero-order valence-corrected chi connectivity index (χ0v) is 37.0. The van der Waals surface area contributed by atoms with E-state index in [1.54, 1.807) is 0 Å². The lowest BCUT2D eigenvalue weighted by atomic mass is 10.00. The summed E-state index contributed by atoms with van der Waals surface area (Å²) in [6, 6.07) is 6.73. The van der Waals surface area contributed by atoms with Gasteiger partial charge in [0.25, 0.3) is 0 Å². The van der Waals surface area contributed by atoms with Crippen LogP contribution in [0.4, 0.5) is 0 Å². The maximum Gasteiger partial charge on any atom is 0.161 e. The van der Waals surface area contributed by atoms with Crippen molar-refractivity contribution in [2.45, 2.75) is 245 Å². The monoisotopic (exact) mass is 767 g/mol. The van der Waals surface area contributed by atoms with Crippen molar-refractivity contribution < 1.29 is 9.47 Å². The van der Waals surface area contributed by atoms with Gasteiger partial charge >= 0.3 is 0 Å². The quantitative estimate of drug-likeness (QED) is 0.0513. The van der Waals surface area contributed by atoms with E-state index in [4.69, 9.17) is 20.9 Å². The van der Waals surface area contributed by atoms with Gasteiger partial charge in [0.15, 0.2) is 11.5 Å². The molecular formula is C51H94N2O2. The van der Waals surface area contributed by atoms with Gasteiger partial charge in [-0.3, -0.25) is 0 Å². The average Bonchev–Trinajstić information content (AvgIpc) is 3.19. The molecule has 4 heteroatoms. The average molecular weight is 767 g/mol. The van der Waals surface area contributed by atoms with Crippen LogP contribution in [0, 0.1) is 0 Å². The van der Waals surface area contributed by atoms with Crippen LogP contribution in [0.5, 0.6) is 11.5 Å².